The molecule has 4 rings (SSSR count). The van der Waals surface area contributed by atoms with E-state index in [4.69, 9.17) is 33.2 Å². The Morgan fingerprint density at radius 3 is 1.42 bits per heavy atom. The van der Waals surface area contributed by atoms with E-state index in [2.05, 4.69) is 13.2 Å². The topological polar surface area (TPSA) is 150 Å². The summed E-state index contributed by atoms with van der Waals surface area (Å²) in [6.07, 6.45) is 9.80. The average Bonchev–Trinajstić information content (AvgIpc) is 3.18. The molecule has 2 aromatic carbocycles. The lowest BCUT2D eigenvalue weighted by molar-refractivity contribution is -0.142. The van der Waals surface area contributed by atoms with Crippen LogP contribution in [0.4, 0.5) is 0 Å². The summed E-state index contributed by atoms with van der Waals surface area (Å²) in [4.78, 5) is 60.2. The molecule has 2 aliphatic carbocycles. The highest BCUT2D eigenvalue weighted by atomic mass is 16.6. The van der Waals surface area contributed by atoms with Crippen LogP contribution < -0.4 is 9.47 Å². The lowest BCUT2D eigenvalue weighted by atomic mass is 9.87. The fourth-order valence-corrected chi connectivity index (χ4v) is 6.14. The van der Waals surface area contributed by atoms with Crippen LogP contribution in [0.25, 0.3) is 0 Å². The fraction of sp³-hybridized carbons (Fsp3) is 0.488. The summed E-state index contributed by atoms with van der Waals surface area (Å²) in [5.41, 5.74) is 1.26. The van der Waals surface area contributed by atoms with E-state index in [-0.39, 0.29) is 55.8 Å². The van der Waals surface area contributed by atoms with Gasteiger partial charge in [0.25, 0.3) is 0 Å². The maximum Gasteiger partial charge on any atom is 0.338 e. The van der Waals surface area contributed by atoms with Crippen LogP contribution >= 0.6 is 0 Å². The van der Waals surface area contributed by atoms with Gasteiger partial charge in [0.05, 0.1) is 62.6 Å². The van der Waals surface area contributed by atoms with Crippen molar-refractivity contribution >= 4 is 29.8 Å². The van der Waals surface area contributed by atoms with E-state index < -0.39 is 17.9 Å². The quantitative estimate of drug-likeness (QED) is 0.0495. The van der Waals surface area contributed by atoms with Crippen LogP contribution in [0.5, 0.6) is 11.5 Å². The molecule has 0 heterocycles. The molecule has 0 aliphatic heterocycles. The van der Waals surface area contributed by atoms with Gasteiger partial charge in [0.2, 0.25) is 0 Å². The summed E-state index contributed by atoms with van der Waals surface area (Å²) >= 11 is 0. The predicted molar refractivity (Wildman–Crippen MR) is 193 cm³/mol. The Kier molecular flexibility index (Phi) is 17.2. The molecular formula is C41H50O12. The minimum atomic E-state index is -0.486. The molecule has 2 aromatic rings. The zero-order valence-electron chi connectivity index (χ0n) is 30.2. The highest BCUT2D eigenvalue weighted by molar-refractivity contribution is 5.89. The fourth-order valence-electron chi connectivity index (χ4n) is 6.14. The first-order chi connectivity index (χ1) is 25.7. The van der Waals surface area contributed by atoms with E-state index in [1.165, 1.54) is 0 Å². The van der Waals surface area contributed by atoms with Crippen molar-refractivity contribution in [2.24, 2.45) is 11.8 Å². The van der Waals surface area contributed by atoms with Gasteiger partial charge in [-0.2, -0.15) is 0 Å². The van der Waals surface area contributed by atoms with Gasteiger partial charge in [-0.15, -0.1) is 0 Å². The zero-order valence-corrected chi connectivity index (χ0v) is 30.2. The Morgan fingerprint density at radius 2 is 0.981 bits per heavy atom. The Bertz CT molecular complexity index is 1500. The Morgan fingerprint density at radius 1 is 0.547 bits per heavy atom. The Hall–Kier alpha value is -4.81. The van der Waals surface area contributed by atoms with Crippen molar-refractivity contribution in [3.05, 3.63) is 85.0 Å². The van der Waals surface area contributed by atoms with Crippen LogP contribution in [-0.2, 0) is 49.3 Å². The normalized spacial score (nSPS) is 19.6. The van der Waals surface area contributed by atoms with Gasteiger partial charge in [-0.3, -0.25) is 9.59 Å². The average molecular weight is 735 g/mol. The van der Waals surface area contributed by atoms with E-state index in [9.17, 15) is 24.0 Å². The molecule has 2 fully saturated rings. The van der Waals surface area contributed by atoms with Gasteiger partial charge in [0.15, 0.2) is 0 Å². The predicted octanol–water partition coefficient (Wildman–Crippen LogP) is 6.29. The Labute approximate surface area is 310 Å². The zero-order chi connectivity index (χ0) is 37.8. The monoisotopic (exact) mass is 734 g/mol. The van der Waals surface area contributed by atoms with E-state index in [0.29, 0.717) is 75.2 Å². The number of carbonyl (C=O) groups is 5. The molecule has 2 aliphatic rings. The van der Waals surface area contributed by atoms with Gasteiger partial charge in [-0.05, 0) is 93.3 Å². The molecule has 53 heavy (non-hydrogen) atoms. The minimum Gasteiger partial charge on any atom is -0.462 e. The molecule has 0 bridgehead atoms. The van der Waals surface area contributed by atoms with E-state index in [1.807, 2.05) is 12.1 Å². The number of rotatable bonds is 20. The summed E-state index contributed by atoms with van der Waals surface area (Å²) in [6, 6.07) is 13.4. The smallest absolute Gasteiger partial charge is 0.338 e. The van der Waals surface area contributed by atoms with Crippen molar-refractivity contribution in [1.82, 2.24) is 0 Å². The highest BCUT2D eigenvalue weighted by Gasteiger charge is 2.29. The molecule has 0 atom stereocenters. The third-order valence-corrected chi connectivity index (χ3v) is 9.20. The molecule has 0 aromatic heterocycles. The van der Waals surface area contributed by atoms with Crippen molar-refractivity contribution in [1.29, 1.82) is 0 Å². The second-order valence-corrected chi connectivity index (χ2v) is 13.0. The third-order valence-electron chi connectivity index (χ3n) is 9.20. The molecule has 0 spiro atoms. The number of benzene rings is 2. The van der Waals surface area contributed by atoms with Crippen molar-refractivity contribution < 1.29 is 57.1 Å². The number of hydrogen-bond acceptors (Lipinski definition) is 12. The van der Waals surface area contributed by atoms with Gasteiger partial charge in [0.1, 0.15) is 11.5 Å². The largest absolute Gasteiger partial charge is 0.462 e. The van der Waals surface area contributed by atoms with Gasteiger partial charge in [-0.1, -0.05) is 25.3 Å². The lowest BCUT2D eigenvalue weighted by Crippen LogP contribution is -2.29. The maximum atomic E-state index is 12.7. The molecule has 0 unspecified atom stereocenters. The molecule has 12 heteroatoms. The van der Waals surface area contributed by atoms with Crippen LogP contribution in [0.2, 0.25) is 0 Å². The van der Waals surface area contributed by atoms with Crippen LogP contribution in [0.15, 0.2) is 73.8 Å². The van der Waals surface area contributed by atoms with Crippen molar-refractivity contribution in [3.63, 3.8) is 0 Å². The van der Waals surface area contributed by atoms with Crippen molar-refractivity contribution in [2.75, 3.05) is 33.0 Å². The SMILES string of the molecule is C=CC(=O)OCCCOC1CCC(C(=O)Oc2ccc(CCOC(=O)c3ccc(OC(=O)C4CCC(OCCCOC(=O)C=C)CC4)cc3)cc2)CC1. The molecule has 0 amide bonds. The van der Waals surface area contributed by atoms with Crippen molar-refractivity contribution in [2.45, 2.75) is 82.8 Å². The summed E-state index contributed by atoms with van der Waals surface area (Å²) in [6.45, 7) is 8.41. The molecule has 0 saturated heterocycles. The second kappa shape index (κ2) is 22.3. The maximum absolute atomic E-state index is 12.7. The van der Waals surface area contributed by atoms with Crippen LogP contribution in [-0.4, -0.2) is 75.1 Å². The number of ether oxygens (including phenoxy) is 7. The van der Waals surface area contributed by atoms with E-state index in [1.54, 1.807) is 36.4 Å². The summed E-state index contributed by atoms with van der Waals surface area (Å²) < 4.78 is 38.2. The second-order valence-electron chi connectivity index (χ2n) is 13.0. The van der Waals surface area contributed by atoms with E-state index in [0.717, 1.165) is 43.4 Å². The molecule has 2 saturated carbocycles. The first-order valence-electron chi connectivity index (χ1n) is 18.3. The summed E-state index contributed by atoms with van der Waals surface area (Å²) in [5, 5.41) is 0. The third kappa shape index (κ3) is 14.6. The number of carbonyl (C=O) groups excluding carboxylic acids is 5. The van der Waals surface area contributed by atoms with Gasteiger partial charge < -0.3 is 33.2 Å². The number of hydrogen-bond donors (Lipinski definition) is 0. The van der Waals surface area contributed by atoms with Gasteiger partial charge in [0, 0.05) is 31.4 Å². The first-order valence-corrected chi connectivity index (χ1v) is 18.3. The Balaban J connectivity index is 1.07. The summed E-state index contributed by atoms with van der Waals surface area (Å²) in [7, 11) is 0. The molecular weight excluding hydrogens is 684 g/mol. The first kappa shape index (κ1) is 41.0. The van der Waals surface area contributed by atoms with E-state index >= 15 is 0 Å². The lowest BCUT2D eigenvalue weighted by Gasteiger charge is -2.27. The van der Waals surface area contributed by atoms with Crippen LogP contribution in [0.1, 0.15) is 80.1 Å². The molecule has 286 valence electrons. The van der Waals surface area contributed by atoms with Crippen LogP contribution in [0.3, 0.4) is 0 Å². The summed E-state index contributed by atoms with van der Waals surface area (Å²) in [5.74, 6) is -1.52. The number of esters is 5. The molecule has 0 radical (unpaired) electrons. The van der Waals surface area contributed by atoms with Crippen LogP contribution in [0, 0.1) is 11.8 Å². The van der Waals surface area contributed by atoms with Crippen molar-refractivity contribution in [3.8, 4) is 11.5 Å². The molecule has 12 nitrogen and oxygen atoms in total. The van der Waals surface area contributed by atoms with Gasteiger partial charge in [-0.25, -0.2) is 14.4 Å². The van der Waals surface area contributed by atoms with Gasteiger partial charge >= 0.3 is 29.8 Å². The molecule has 0 N–H and O–H groups in total. The minimum absolute atomic E-state index is 0.0632. The highest BCUT2D eigenvalue weighted by Crippen LogP contribution is 2.29. The standard InChI is InChI=1S/C41H50O12/c1-3-37(42)49-26-5-24-47-33-17-9-31(10-18-33)40(45)52-35-15-7-29(8-16-35)23-28-51-39(44)30-13-21-36(22-14-30)53-41(46)32-11-19-34(20-12-32)48-25-6-27-50-38(43)4-2/h3-4,7-8,13-16,21-22,31-34H,1-2,5-6,9-12,17-20,23-28H2.